The summed E-state index contributed by atoms with van der Waals surface area (Å²) in [7, 11) is 0. The zero-order valence-corrected chi connectivity index (χ0v) is 13.2. The first-order valence-corrected chi connectivity index (χ1v) is 8.67. The van der Waals surface area contributed by atoms with E-state index in [2.05, 4.69) is 21.6 Å². The highest BCUT2D eigenvalue weighted by molar-refractivity contribution is 5.91. The number of H-pyrrole nitrogens is 1. The van der Waals surface area contributed by atoms with Crippen molar-refractivity contribution in [1.29, 1.82) is 0 Å². The molecular weight excluding hydrogens is 290 g/mol. The number of aromatic nitrogens is 2. The number of esters is 1. The fourth-order valence-electron chi connectivity index (χ4n) is 5.48. The first-order valence-electron chi connectivity index (χ1n) is 8.67. The monoisotopic (exact) mass is 311 g/mol. The van der Waals surface area contributed by atoms with Crippen molar-refractivity contribution in [3.05, 3.63) is 23.9 Å². The molecule has 120 valence electrons. The normalized spacial score (nSPS) is 34.0. The van der Waals surface area contributed by atoms with Gasteiger partial charge in [0.25, 0.3) is 0 Å². The highest BCUT2D eigenvalue weighted by atomic mass is 16.5. The lowest BCUT2D eigenvalue weighted by molar-refractivity contribution is -0.146. The van der Waals surface area contributed by atoms with Gasteiger partial charge >= 0.3 is 5.97 Å². The molecule has 3 aliphatic rings. The molecule has 0 radical (unpaired) electrons. The van der Waals surface area contributed by atoms with Gasteiger partial charge in [-0.3, -0.25) is 5.10 Å². The average Bonchev–Trinajstić information content (AvgIpc) is 3.29. The van der Waals surface area contributed by atoms with Crippen molar-refractivity contribution in [2.75, 3.05) is 11.9 Å². The first-order chi connectivity index (χ1) is 11.3. The van der Waals surface area contributed by atoms with Gasteiger partial charge in [-0.25, -0.2) is 4.79 Å². The Labute approximate surface area is 134 Å². The van der Waals surface area contributed by atoms with Crippen LogP contribution in [0, 0.1) is 17.8 Å². The molecule has 23 heavy (non-hydrogen) atoms. The Morgan fingerprint density at radius 2 is 2.22 bits per heavy atom. The number of carbonyl (C=O) groups is 1. The maximum Gasteiger partial charge on any atom is 0.328 e. The number of hydrogen-bond donors (Lipinski definition) is 2. The third kappa shape index (κ3) is 1.73. The van der Waals surface area contributed by atoms with Crippen LogP contribution < -0.4 is 5.32 Å². The van der Waals surface area contributed by atoms with Crippen molar-refractivity contribution < 1.29 is 9.53 Å². The van der Waals surface area contributed by atoms with E-state index in [9.17, 15) is 4.79 Å². The van der Waals surface area contributed by atoms with Crippen LogP contribution in [0.1, 0.15) is 37.7 Å². The highest BCUT2D eigenvalue weighted by Crippen LogP contribution is 2.61. The van der Waals surface area contributed by atoms with Gasteiger partial charge in [-0.05, 0) is 67.6 Å². The highest BCUT2D eigenvalue weighted by Gasteiger charge is 2.56. The molecule has 2 saturated carbocycles. The van der Waals surface area contributed by atoms with Crippen LogP contribution >= 0.6 is 0 Å². The minimum absolute atomic E-state index is 0.0898. The molecular formula is C18H21N3O2. The van der Waals surface area contributed by atoms with Crippen LogP contribution in [0.2, 0.25) is 0 Å². The number of benzene rings is 1. The first kappa shape index (κ1) is 13.4. The molecule has 1 aliphatic heterocycles. The van der Waals surface area contributed by atoms with Crippen molar-refractivity contribution in [2.24, 2.45) is 17.8 Å². The van der Waals surface area contributed by atoms with Crippen LogP contribution in [0.15, 0.2) is 18.3 Å². The maximum atomic E-state index is 12.5. The number of fused-ring (bicyclic) bond motifs is 9. The molecule has 2 aromatic rings. The van der Waals surface area contributed by atoms with Gasteiger partial charge in [0.05, 0.1) is 18.3 Å². The molecule has 0 amide bonds. The van der Waals surface area contributed by atoms with Crippen LogP contribution in [-0.4, -0.2) is 28.8 Å². The number of rotatable bonds is 2. The molecule has 5 heteroatoms. The number of nitrogens with zero attached hydrogens (tertiary/aromatic N) is 1. The standard InChI is InChI=1S/C18H21N3O2/c1-2-23-18(22)17-15-10-4-3-9(7-10)14(15)16-11-8-19-21-12(11)5-6-13(16)20-17/h5-6,8-10,14-15,17,20H,2-4,7H2,1H3,(H,19,21)/t9-,10+,14+,15-,17-/m1/s1. The minimum atomic E-state index is -0.202. The van der Waals surface area contributed by atoms with Crippen molar-refractivity contribution in [1.82, 2.24) is 10.2 Å². The van der Waals surface area contributed by atoms with Crippen LogP contribution in [0.25, 0.3) is 10.9 Å². The molecule has 1 aromatic heterocycles. The predicted molar refractivity (Wildman–Crippen MR) is 87.2 cm³/mol. The van der Waals surface area contributed by atoms with E-state index < -0.39 is 0 Å². The lowest BCUT2D eigenvalue weighted by atomic mass is 9.68. The number of hydrogen-bond acceptors (Lipinski definition) is 4. The molecule has 0 unspecified atom stereocenters. The van der Waals surface area contributed by atoms with Gasteiger partial charge in [0.15, 0.2) is 0 Å². The molecule has 1 aromatic carbocycles. The zero-order valence-electron chi connectivity index (χ0n) is 13.2. The zero-order chi connectivity index (χ0) is 15.6. The van der Waals surface area contributed by atoms with Gasteiger partial charge in [0.2, 0.25) is 0 Å². The Balaban J connectivity index is 1.67. The van der Waals surface area contributed by atoms with Crippen molar-refractivity contribution in [3.8, 4) is 0 Å². The Morgan fingerprint density at radius 3 is 3.09 bits per heavy atom. The predicted octanol–water partition coefficient (Wildman–Crippen LogP) is 3.05. The number of ether oxygens (including phenoxy) is 1. The Morgan fingerprint density at radius 1 is 1.35 bits per heavy atom. The summed E-state index contributed by atoms with van der Waals surface area (Å²) in [6.45, 7) is 2.32. The molecule has 2 fully saturated rings. The second-order valence-corrected chi connectivity index (χ2v) is 7.17. The van der Waals surface area contributed by atoms with Gasteiger partial charge in [-0.15, -0.1) is 0 Å². The topological polar surface area (TPSA) is 67.0 Å². The molecule has 2 bridgehead atoms. The minimum Gasteiger partial charge on any atom is -0.464 e. The van der Waals surface area contributed by atoms with E-state index >= 15 is 0 Å². The number of carbonyl (C=O) groups excluding carboxylic acids is 1. The van der Waals surface area contributed by atoms with Gasteiger partial charge < -0.3 is 10.1 Å². The molecule has 2 heterocycles. The summed E-state index contributed by atoms with van der Waals surface area (Å²) < 4.78 is 5.36. The lowest BCUT2D eigenvalue weighted by Crippen LogP contribution is -2.46. The van der Waals surface area contributed by atoms with Crippen LogP contribution in [0.4, 0.5) is 5.69 Å². The summed E-state index contributed by atoms with van der Waals surface area (Å²) in [5.74, 6) is 2.07. The molecule has 5 atom stereocenters. The van der Waals surface area contributed by atoms with Crippen molar-refractivity contribution in [3.63, 3.8) is 0 Å². The third-order valence-corrected chi connectivity index (χ3v) is 6.22. The summed E-state index contributed by atoms with van der Waals surface area (Å²) in [4.78, 5) is 12.5. The summed E-state index contributed by atoms with van der Waals surface area (Å²) in [5, 5.41) is 12.0. The second kappa shape index (κ2) is 4.73. The smallest absolute Gasteiger partial charge is 0.328 e. The summed E-state index contributed by atoms with van der Waals surface area (Å²) in [5.41, 5.74) is 3.54. The molecule has 0 saturated heterocycles. The number of nitrogens with one attached hydrogen (secondary N) is 2. The van der Waals surface area contributed by atoms with E-state index in [-0.39, 0.29) is 12.0 Å². The fourth-order valence-corrected chi connectivity index (χ4v) is 5.48. The average molecular weight is 311 g/mol. The molecule has 2 N–H and O–H groups in total. The van der Waals surface area contributed by atoms with E-state index in [4.69, 9.17) is 4.74 Å². The van der Waals surface area contributed by atoms with E-state index in [0.29, 0.717) is 30.3 Å². The van der Waals surface area contributed by atoms with Crippen LogP contribution in [-0.2, 0) is 9.53 Å². The number of anilines is 1. The van der Waals surface area contributed by atoms with E-state index in [1.165, 1.54) is 30.2 Å². The second-order valence-electron chi connectivity index (χ2n) is 7.17. The lowest BCUT2D eigenvalue weighted by Gasteiger charge is -2.42. The fraction of sp³-hybridized carbons (Fsp3) is 0.556. The summed E-state index contributed by atoms with van der Waals surface area (Å²) in [6, 6.07) is 3.93. The summed E-state index contributed by atoms with van der Waals surface area (Å²) >= 11 is 0. The van der Waals surface area contributed by atoms with Gasteiger partial charge in [-0.1, -0.05) is 0 Å². The van der Waals surface area contributed by atoms with E-state index in [1.807, 2.05) is 19.2 Å². The number of aromatic amines is 1. The molecule has 0 spiro atoms. The SMILES string of the molecule is CCOC(=O)[C@@H]1Nc2ccc3[nH]ncc3c2[C@H]2[C@@H]3CC[C@@H](C3)[C@H]21. The molecule has 5 rings (SSSR count). The Hall–Kier alpha value is -2.04. The van der Waals surface area contributed by atoms with E-state index in [0.717, 1.165) is 11.2 Å². The van der Waals surface area contributed by atoms with Crippen LogP contribution in [0.5, 0.6) is 0 Å². The van der Waals surface area contributed by atoms with Gasteiger partial charge in [-0.2, -0.15) is 5.10 Å². The van der Waals surface area contributed by atoms with Gasteiger partial charge in [0.1, 0.15) is 6.04 Å². The maximum absolute atomic E-state index is 12.5. The van der Waals surface area contributed by atoms with Crippen LogP contribution in [0.3, 0.4) is 0 Å². The van der Waals surface area contributed by atoms with Gasteiger partial charge in [0, 0.05) is 11.1 Å². The largest absolute Gasteiger partial charge is 0.464 e. The Bertz CT molecular complexity index is 784. The Kier molecular flexibility index (Phi) is 2.75. The quantitative estimate of drug-likeness (QED) is 0.837. The molecule has 5 nitrogen and oxygen atoms in total. The third-order valence-electron chi connectivity index (χ3n) is 6.22. The van der Waals surface area contributed by atoms with Crippen molar-refractivity contribution in [2.45, 2.75) is 38.1 Å². The van der Waals surface area contributed by atoms with Crippen molar-refractivity contribution >= 4 is 22.6 Å². The molecule has 2 aliphatic carbocycles. The van der Waals surface area contributed by atoms with E-state index in [1.54, 1.807) is 0 Å². The summed E-state index contributed by atoms with van der Waals surface area (Å²) in [6.07, 6.45) is 5.72.